The molecule has 162 valence electrons. The van der Waals surface area contributed by atoms with Crippen molar-refractivity contribution < 1.29 is 19.1 Å². The fourth-order valence-corrected chi connectivity index (χ4v) is 4.10. The summed E-state index contributed by atoms with van der Waals surface area (Å²) < 4.78 is 11.7. The maximum atomic E-state index is 13.5. The summed E-state index contributed by atoms with van der Waals surface area (Å²) in [6, 6.07) is 9.93. The summed E-state index contributed by atoms with van der Waals surface area (Å²) in [6.07, 6.45) is 1.95. The van der Waals surface area contributed by atoms with E-state index < -0.39 is 11.9 Å². The van der Waals surface area contributed by atoms with Crippen LogP contribution in [0.15, 0.2) is 45.6 Å². The van der Waals surface area contributed by atoms with Crippen LogP contribution in [-0.2, 0) is 0 Å². The summed E-state index contributed by atoms with van der Waals surface area (Å²) >= 11 is 6.24. The van der Waals surface area contributed by atoms with Crippen LogP contribution in [0.5, 0.6) is 5.75 Å². The van der Waals surface area contributed by atoms with Crippen molar-refractivity contribution >= 4 is 28.5 Å². The molecule has 0 aliphatic carbocycles. The van der Waals surface area contributed by atoms with E-state index in [2.05, 4.69) is 6.92 Å². The molecule has 0 fully saturated rings. The monoisotopic (exact) mass is 441 g/mol. The third-order valence-corrected chi connectivity index (χ3v) is 5.94. The number of rotatable bonds is 7. The molecule has 1 N–H and O–H groups in total. The minimum absolute atomic E-state index is 0.00924. The fourth-order valence-electron chi connectivity index (χ4n) is 3.93. The van der Waals surface area contributed by atoms with E-state index in [9.17, 15) is 14.7 Å². The number of aliphatic hydroxyl groups excluding tert-OH is 1. The Morgan fingerprint density at radius 1 is 1.23 bits per heavy atom. The Labute approximate surface area is 185 Å². The minimum atomic E-state index is -0.676. The number of amides is 1. The molecule has 1 aliphatic rings. The average molecular weight is 442 g/mol. The number of β-amino-alcohol motifs (C(OH)–C–C–N with tert-alkyl or cyclic N) is 1. The predicted molar refractivity (Wildman–Crippen MR) is 119 cm³/mol. The lowest BCUT2D eigenvalue weighted by Crippen LogP contribution is -2.32. The van der Waals surface area contributed by atoms with Crippen LogP contribution in [0.4, 0.5) is 0 Å². The van der Waals surface area contributed by atoms with Crippen LogP contribution >= 0.6 is 11.6 Å². The number of nitrogens with zero attached hydrogens (tertiary/aromatic N) is 1. The van der Waals surface area contributed by atoms with Crippen molar-refractivity contribution in [3.63, 3.8) is 0 Å². The zero-order chi connectivity index (χ0) is 22.1. The molecule has 1 aromatic heterocycles. The largest absolute Gasteiger partial charge is 0.494 e. The van der Waals surface area contributed by atoms with Crippen molar-refractivity contribution in [1.29, 1.82) is 0 Å². The van der Waals surface area contributed by atoms with Crippen LogP contribution in [0.25, 0.3) is 11.0 Å². The maximum absolute atomic E-state index is 13.5. The second kappa shape index (κ2) is 8.73. The van der Waals surface area contributed by atoms with Gasteiger partial charge in [0.05, 0.1) is 30.2 Å². The van der Waals surface area contributed by atoms with Crippen LogP contribution < -0.4 is 10.2 Å². The van der Waals surface area contributed by atoms with Gasteiger partial charge in [-0.2, -0.15) is 0 Å². The van der Waals surface area contributed by atoms with E-state index in [1.54, 1.807) is 12.1 Å². The summed E-state index contributed by atoms with van der Waals surface area (Å²) in [4.78, 5) is 28.1. The number of hydrogen-bond donors (Lipinski definition) is 1. The smallest absolute Gasteiger partial charge is 0.290 e. The Hall–Kier alpha value is -2.83. The molecule has 1 unspecified atom stereocenters. The van der Waals surface area contributed by atoms with Crippen LogP contribution in [-0.4, -0.2) is 35.7 Å². The van der Waals surface area contributed by atoms with Gasteiger partial charge in [-0.3, -0.25) is 9.59 Å². The maximum Gasteiger partial charge on any atom is 0.290 e. The second-order valence-corrected chi connectivity index (χ2v) is 8.08. The van der Waals surface area contributed by atoms with E-state index in [-0.39, 0.29) is 29.9 Å². The van der Waals surface area contributed by atoms with E-state index in [0.29, 0.717) is 28.3 Å². The SMILES string of the molecule is CCCCOc1cccc(C2c3c(oc4cc(C)c(Cl)cc4c3=O)C(=O)N2CCO)c1. The molecule has 31 heavy (non-hydrogen) atoms. The predicted octanol–water partition coefficient (Wildman–Crippen LogP) is 4.47. The first kappa shape index (κ1) is 21.4. The van der Waals surface area contributed by atoms with Gasteiger partial charge in [-0.1, -0.05) is 37.1 Å². The van der Waals surface area contributed by atoms with Gasteiger partial charge in [0.2, 0.25) is 5.76 Å². The zero-order valence-corrected chi connectivity index (χ0v) is 18.2. The zero-order valence-electron chi connectivity index (χ0n) is 17.5. The highest BCUT2D eigenvalue weighted by Crippen LogP contribution is 2.39. The minimum Gasteiger partial charge on any atom is -0.494 e. The molecule has 4 rings (SSSR count). The van der Waals surface area contributed by atoms with Gasteiger partial charge in [0.1, 0.15) is 11.3 Å². The molecule has 6 nitrogen and oxygen atoms in total. The molecule has 0 radical (unpaired) electrons. The van der Waals surface area contributed by atoms with E-state index in [1.165, 1.54) is 4.90 Å². The highest BCUT2D eigenvalue weighted by molar-refractivity contribution is 6.32. The van der Waals surface area contributed by atoms with Crippen molar-refractivity contribution in [3.8, 4) is 5.75 Å². The van der Waals surface area contributed by atoms with Crippen LogP contribution in [0.1, 0.15) is 53.1 Å². The Bertz CT molecular complexity index is 1200. The number of fused-ring (bicyclic) bond motifs is 2. The number of carbonyl (C=O) groups is 1. The molecule has 2 aromatic carbocycles. The molecule has 1 atom stereocenters. The van der Waals surface area contributed by atoms with Gasteiger partial charge in [0.25, 0.3) is 5.91 Å². The van der Waals surface area contributed by atoms with Gasteiger partial charge in [-0.05, 0) is 48.7 Å². The van der Waals surface area contributed by atoms with Gasteiger partial charge in [-0.15, -0.1) is 0 Å². The van der Waals surface area contributed by atoms with Gasteiger partial charge in [0.15, 0.2) is 5.43 Å². The van der Waals surface area contributed by atoms with Gasteiger partial charge < -0.3 is 19.2 Å². The molecule has 3 aromatic rings. The number of aryl methyl sites for hydroxylation is 1. The van der Waals surface area contributed by atoms with E-state index >= 15 is 0 Å². The Morgan fingerprint density at radius 3 is 2.77 bits per heavy atom. The topological polar surface area (TPSA) is 80.0 Å². The summed E-state index contributed by atoms with van der Waals surface area (Å²) in [5, 5.41) is 10.4. The van der Waals surface area contributed by atoms with Crippen LogP contribution in [0.2, 0.25) is 5.02 Å². The third kappa shape index (κ3) is 3.82. The van der Waals surface area contributed by atoms with Gasteiger partial charge >= 0.3 is 0 Å². The number of halogens is 1. The van der Waals surface area contributed by atoms with Crippen molar-refractivity contribution in [2.75, 3.05) is 19.8 Å². The first-order chi connectivity index (χ1) is 15.0. The molecule has 0 spiro atoms. The lowest BCUT2D eigenvalue weighted by molar-refractivity contribution is 0.0691. The molecule has 1 amide bonds. The molecule has 1 aliphatic heterocycles. The summed E-state index contributed by atoms with van der Waals surface area (Å²) in [5.74, 6) is 0.257. The molecule has 0 saturated carbocycles. The fraction of sp³-hybridized carbons (Fsp3) is 0.333. The third-order valence-electron chi connectivity index (χ3n) is 5.53. The quantitative estimate of drug-likeness (QED) is 0.547. The molecular formula is C24H24ClNO5. The number of hydrogen-bond acceptors (Lipinski definition) is 5. The summed E-state index contributed by atoms with van der Waals surface area (Å²) in [7, 11) is 0. The number of benzene rings is 2. The first-order valence-corrected chi connectivity index (χ1v) is 10.8. The Balaban J connectivity index is 1.88. The van der Waals surface area contributed by atoms with Crippen molar-refractivity contribution in [3.05, 3.63) is 74.1 Å². The lowest BCUT2D eigenvalue weighted by atomic mass is 9.98. The molecular weight excluding hydrogens is 418 g/mol. The Kier molecular flexibility index (Phi) is 6.03. The summed E-state index contributed by atoms with van der Waals surface area (Å²) in [6.45, 7) is 4.32. The van der Waals surface area contributed by atoms with E-state index in [1.807, 2.05) is 31.2 Å². The normalized spacial score (nSPS) is 15.5. The molecule has 2 heterocycles. The summed E-state index contributed by atoms with van der Waals surface area (Å²) in [5.41, 5.74) is 1.76. The number of unbranched alkanes of at least 4 members (excludes halogenated alkanes) is 1. The molecule has 0 bridgehead atoms. The van der Waals surface area contributed by atoms with Gasteiger partial charge in [-0.25, -0.2) is 0 Å². The highest BCUT2D eigenvalue weighted by atomic mass is 35.5. The standard InChI is InChI=1S/C24H24ClNO5/c1-3-4-10-30-16-7-5-6-15(12-16)21-20-22(28)17-13-18(25)14(2)11-19(17)31-23(20)24(29)26(21)8-9-27/h5-7,11-13,21,27H,3-4,8-10H2,1-2H3. The lowest BCUT2D eigenvalue weighted by Gasteiger charge is -2.24. The molecule has 7 heteroatoms. The number of ether oxygens (including phenoxy) is 1. The van der Waals surface area contributed by atoms with E-state index in [4.69, 9.17) is 20.8 Å². The average Bonchev–Trinajstić information content (AvgIpc) is 3.03. The van der Waals surface area contributed by atoms with Crippen LogP contribution in [0, 0.1) is 6.92 Å². The van der Waals surface area contributed by atoms with Crippen LogP contribution in [0.3, 0.4) is 0 Å². The van der Waals surface area contributed by atoms with E-state index in [0.717, 1.165) is 24.0 Å². The number of carbonyl (C=O) groups excluding carboxylic acids is 1. The van der Waals surface area contributed by atoms with Crippen molar-refractivity contribution in [2.24, 2.45) is 0 Å². The van der Waals surface area contributed by atoms with Crippen molar-refractivity contribution in [2.45, 2.75) is 32.7 Å². The highest BCUT2D eigenvalue weighted by Gasteiger charge is 2.42. The number of aliphatic hydroxyl groups is 1. The molecule has 0 saturated heterocycles. The van der Waals surface area contributed by atoms with Crippen molar-refractivity contribution in [1.82, 2.24) is 4.90 Å². The first-order valence-electron chi connectivity index (χ1n) is 10.4. The second-order valence-electron chi connectivity index (χ2n) is 7.67. The van der Waals surface area contributed by atoms with Gasteiger partial charge in [0, 0.05) is 11.6 Å². The Morgan fingerprint density at radius 2 is 2.03 bits per heavy atom.